The van der Waals surface area contributed by atoms with Crippen molar-refractivity contribution in [3.63, 3.8) is 0 Å². The van der Waals surface area contributed by atoms with Gasteiger partial charge in [-0.25, -0.2) is 4.79 Å². The highest BCUT2D eigenvalue weighted by molar-refractivity contribution is 5.97. The van der Waals surface area contributed by atoms with E-state index in [1.807, 2.05) is 78.9 Å². The molecule has 4 rings (SSSR count). The number of hydrogen-bond donors (Lipinski definition) is 2. The molecule has 29 heavy (non-hydrogen) atoms. The van der Waals surface area contributed by atoms with Gasteiger partial charge in [-0.2, -0.15) is 0 Å². The second-order valence-electron chi connectivity index (χ2n) is 7.15. The molecule has 3 aromatic carbocycles. The van der Waals surface area contributed by atoms with Gasteiger partial charge in [-0.15, -0.1) is 0 Å². The fourth-order valence-electron chi connectivity index (χ4n) is 3.68. The highest BCUT2D eigenvalue weighted by Crippen LogP contribution is 2.29. The van der Waals surface area contributed by atoms with Gasteiger partial charge in [-0.05, 0) is 41.3 Å². The van der Waals surface area contributed by atoms with Gasteiger partial charge < -0.3 is 15.5 Å². The Morgan fingerprint density at radius 1 is 0.897 bits per heavy atom. The van der Waals surface area contributed by atoms with E-state index in [0.717, 1.165) is 22.4 Å². The second kappa shape index (κ2) is 8.19. The fraction of sp³-hybridized carbons (Fsp3) is 0.167. The molecule has 0 aromatic heterocycles. The molecule has 0 radical (unpaired) electrons. The van der Waals surface area contributed by atoms with Crippen LogP contribution in [0.5, 0.6) is 0 Å². The van der Waals surface area contributed by atoms with Crippen LogP contribution < -0.4 is 15.5 Å². The highest BCUT2D eigenvalue weighted by Gasteiger charge is 2.21. The van der Waals surface area contributed by atoms with Crippen molar-refractivity contribution in [2.45, 2.75) is 18.9 Å². The predicted octanol–water partition coefficient (Wildman–Crippen LogP) is 4.51. The molecule has 0 aliphatic carbocycles. The molecule has 146 valence electrons. The van der Waals surface area contributed by atoms with Crippen molar-refractivity contribution in [2.75, 3.05) is 17.3 Å². The zero-order valence-corrected chi connectivity index (χ0v) is 16.3. The van der Waals surface area contributed by atoms with Gasteiger partial charge in [0, 0.05) is 24.8 Å². The van der Waals surface area contributed by atoms with Crippen LogP contribution in [-0.4, -0.2) is 19.0 Å². The second-order valence-corrected chi connectivity index (χ2v) is 7.15. The summed E-state index contributed by atoms with van der Waals surface area (Å²) in [7, 11) is 1.78. The lowest BCUT2D eigenvalue weighted by molar-refractivity contribution is -0.118. The lowest BCUT2D eigenvalue weighted by Crippen LogP contribution is -2.33. The first-order valence-corrected chi connectivity index (χ1v) is 9.69. The molecular formula is C24H23N3O2. The number of fused-ring (bicyclic) bond motifs is 1. The average Bonchev–Trinajstić information content (AvgIpc) is 2.76. The normalized spacial score (nSPS) is 13.2. The molecule has 0 saturated carbocycles. The molecule has 1 aliphatic rings. The third-order valence-electron chi connectivity index (χ3n) is 5.22. The molecule has 3 amide bonds. The first-order chi connectivity index (χ1) is 14.1. The summed E-state index contributed by atoms with van der Waals surface area (Å²) >= 11 is 0. The zero-order chi connectivity index (χ0) is 20.2. The van der Waals surface area contributed by atoms with Crippen molar-refractivity contribution in [3.8, 4) is 0 Å². The number of carbonyl (C=O) groups excluding carboxylic acids is 2. The van der Waals surface area contributed by atoms with Crippen LogP contribution in [-0.2, 0) is 11.2 Å². The Morgan fingerprint density at radius 2 is 1.52 bits per heavy atom. The summed E-state index contributed by atoms with van der Waals surface area (Å²) in [5.41, 5.74) is 4.70. The lowest BCUT2D eigenvalue weighted by Gasteiger charge is -2.26. The van der Waals surface area contributed by atoms with E-state index in [1.54, 1.807) is 11.9 Å². The minimum absolute atomic E-state index is 0.115. The van der Waals surface area contributed by atoms with E-state index in [2.05, 4.69) is 10.6 Å². The average molecular weight is 385 g/mol. The topological polar surface area (TPSA) is 61.4 Å². The summed E-state index contributed by atoms with van der Waals surface area (Å²) in [4.78, 5) is 26.3. The molecule has 0 fully saturated rings. The predicted molar refractivity (Wildman–Crippen MR) is 115 cm³/mol. The van der Waals surface area contributed by atoms with E-state index >= 15 is 0 Å². The largest absolute Gasteiger partial charge is 0.327 e. The number of rotatable bonds is 4. The minimum Gasteiger partial charge on any atom is -0.327 e. The van der Waals surface area contributed by atoms with E-state index < -0.39 is 0 Å². The third kappa shape index (κ3) is 4.14. The molecule has 1 heterocycles. The van der Waals surface area contributed by atoms with E-state index in [1.165, 1.54) is 0 Å². The number of urea groups is 1. The summed E-state index contributed by atoms with van der Waals surface area (Å²) in [6.45, 7) is 0. The van der Waals surface area contributed by atoms with Crippen LogP contribution >= 0.6 is 0 Å². The standard InChI is InChI=1S/C24H23N3O2/c1-27-21-14-13-20(16-19(21)12-15-22(27)28)25-24(29)26-23(17-8-4-2-5-9-17)18-10-6-3-7-11-18/h2-11,13-14,16,23H,12,15H2,1H3,(H2,25,26,29). The molecule has 1 aliphatic heterocycles. The number of aryl methyl sites for hydroxylation is 1. The number of hydrogen-bond acceptors (Lipinski definition) is 2. The Labute approximate surface area is 170 Å². The summed E-state index contributed by atoms with van der Waals surface area (Å²) in [6.07, 6.45) is 1.18. The van der Waals surface area contributed by atoms with Crippen LogP contribution in [0.1, 0.15) is 29.2 Å². The van der Waals surface area contributed by atoms with Gasteiger partial charge in [-0.1, -0.05) is 60.7 Å². The van der Waals surface area contributed by atoms with Crippen molar-refractivity contribution in [2.24, 2.45) is 0 Å². The number of amides is 3. The fourth-order valence-corrected chi connectivity index (χ4v) is 3.68. The molecule has 0 atom stereocenters. The Hall–Kier alpha value is -3.60. The van der Waals surface area contributed by atoms with Crippen molar-refractivity contribution in [3.05, 3.63) is 95.6 Å². The van der Waals surface area contributed by atoms with Gasteiger partial charge in [0.25, 0.3) is 0 Å². The van der Waals surface area contributed by atoms with Crippen LogP contribution in [0, 0.1) is 0 Å². The van der Waals surface area contributed by atoms with Crippen LogP contribution in [0.15, 0.2) is 78.9 Å². The highest BCUT2D eigenvalue weighted by atomic mass is 16.2. The molecule has 5 heteroatoms. The van der Waals surface area contributed by atoms with Gasteiger partial charge in [0.05, 0.1) is 6.04 Å². The molecule has 0 bridgehead atoms. The lowest BCUT2D eigenvalue weighted by atomic mass is 9.99. The summed E-state index contributed by atoms with van der Waals surface area (Å²) in [5, 5.41) is 6.01. The molecule has 3 aromatic rings. The Kier molecular flexibility index (Phi) is 5.29. The minimum atomic E-state index is -0.275. The van der Waals surface area contributed by atoms with Crippen LogP contribution in [0.25, 0.3) is 0 Å². The number of nitrogens with one attached hydrogen (secondary N) is 2. The van der Waals surface area contributed by atoms with Crippen LogP contribution in [0.2, 0.25) is 0 Å². The van der Waals surface area contributed by atoms with E-state index in [9.17, 15) is 9.59 Å². The third-order valence-corrected chi connectivity index (χ3v) is 5.22. The maximum absolute atomic E-state index is 12.8. The van der Waals surface area contributed by atoms with Gasteiger partial charge in [0.1, 0.15) is 0 Å². The number of nitrogens with zero attached hydrogens (tertiary/aromatic N) is 1. The van der Waals surface area contributed by atoms with Crippen LogP contribution in [0.4, 0.5) is 16.2 Å². The van der Waals surface area contributed by atoms with Crippen molar-refractivity contribution >= 4 is 23.3 Å². The van der Waals surface area contributed by atoms with Gasteiger partial charge >= 0.3 is 6.03 Å². The Bertz CT molecular complexity index is 979. The Balaban J connectivity index is 1.53. The molecular weight excluding hydrogens is 362 g/mol. The van der Waals surface area contributed by atoms with Gasteiger partial charge in [0.2, 0.25) is 5.91 Å². The first kappa shape index (κ1) is 18.7. The van der Waals surface area contributed by atoms with Gasteiger partial charge in [0.15, 0.2) is 0 Å². The van der Waals surface area contributed by atoms with E-state index in [0.29, 0.717) is 18.5 Å². The molecule has 0 unspecified atom stereocenters. The molecule has 2 N–H and O–H groups in total. The quantitative estimate of drug-likeness (QED) is 0.694. The number of carbonyl (C=O) groups is 2. The smallest absolute Gasteiger partial charge is 0.319 e. The maximum Gasteiger partial charge on any atom is 0.319 e. The monoisotopic (exact) mass is 385 g/mol. The van der Waals surface area contributed by atoms with Crippen molar-refractivity contribution in [1.29, 1.82) is 0 Å². The van der Waals surface area contributed by atoms with E-state index in [4.69, 9.17) is 0 Å². The summed E-state index contributed by atoms with van der Waals surface area (Å²) < 4.78 is 0. The number of anilines is 2. The van der Waals surface area contributed by atoms with Gasteiger partial charge in [-0.3, -0.25) is 4.79 Å². The van der Waals surface area contributed by atoms with Crippen molar-refractivity contribution in [1.82, 2.24) is 5.32 Å². The molecule has 0 spiro atoms. The van der Waals surface area contributed by atoms with Crippen LogP contribution in [0.3, 0.4) is 0 Å². The SMILES string of the molecule is CN1C(=O)CCc2cc(NC(=O)NC(c3ccccc3)c3ccccc3)ccc21. The number of benzene rings is 3. The summed E-state index contributed by atoms with van der Waals surface area (Å²) in [6, 6.07) is 24.9. The maximum atomic E-state index is 12.8. The van der Waals surface area contributed by atoms with Crippen molar-refractivity contribution < 1.29 is 9.59 Å². The molecule has 0 saturated heterocycles. The summed E-state index contributed by atoms with van der Waals surface area (Å²) in [5.74, 6) is 0.115. The zero-order valence-electron chi connectivity index (χ0n) is 16.3. The van der Waals surface area contributed by atoms with E-state index in [-0.39, 0.29) is 18.0 Å². The molecule has 5 nitrogen and oxygen atoms in total. The Morgan fingerprint density at radius 3 is 2.14 bits per heavy atom. The first-order valence-electron chi connectivity index (χ1n) is 9.69.